The van der Waals surface area contributed by atoms with Crippen molar-refractivity contribution in [3.05, 3.63) is 35.4 Å². The molecule has 0 aliphatic heterocycles. The minimum Gasteiger partial charge on any atom is -0.330 e. The average Bonchev–Trinajstić information content (AvgIpc) is 2.32. The van der Waals surface area contributed by atoms with Crippen LogP contribution in [0.5, 0.6) is 0 Å². The highest BCUT2D eigenvalue weighted by molar-refractivity contribution is 5.29. The van der Waals surface area contributed by atoms with Crippen LogP contribution in [0.3, 0.4) is 0 Å². The van der Waals surface area contributed by atoms with Crippen molar-refractivity contribution in [3.63, 3.8) is 0 Å². The molecule has 0 bridgehead atoms. The third-order valence-electron chi connectivity index (χ3n) is 4.29. The molecule has 2 N–H and O–H groups in total. The first kappa shape index (κ1) is 11.7. The van der Waals surface area contributed by atoms with E-state index >= 15 is 0 Å². The smallest absolute Gasteiger partial charge is 0.00757 e. The number of rotatable bonds is 2. The molecule has 0 spiro atoms. The van der Waals surface area contributed by atoms with Gasteiger partial charge in [-0.2, -0.15) is 0 Å². The Morgan fingerprint density at radius 3 is 2.25 bits per heavy atom. The predicted molar refractivity (Wildman–Crippen MR) is 69.5 cm³/mol. The first-order chi connectivity index (χ1) is 7.66. The van der Waals surface area contributed by atoms with E-state index in [0.29, 0.717) is 0 Å². The zero-order chi connectivity index (χ0) is 11.6. The van der Waals surface area contributed by atoms with E-state index in [1.807, 2.05) is 0 Å². The standard InChI is InChI=1S/C15H23N/c1-12-3-5-14(6-4-12)15(11-16)9-7-13(2)8-10-15/h3-6,13H,7-11,16H2,1-2H3. The van der Waals surface area contributed by atoms with E-state index in [-0.39, 0.29) is 5.41 Å². The largest absolute Gasteiger partial charge is 0.330 e. The lowest BCUT2D eigenvalue weighted by atomic mass is 9.67. The minimum atomic E-state index is 0.264. The normalized spacial score (nSPS) is 30.3. The molecular weight excluding hydrogens is 194 g/mol. The molecule has 0 aromatic heterocycles. The fourth-order valence-corrected chi connectivity index (χ4v) is 2.83. The van der Waals surface area contributed by atoms with Crippen LogP contribution in [-0.2, 0) is 5.41 Å². The molecule has 1 aromatic carbocycles. The van der Waals surface area contributed by atoms with Gasteiger partial charge >= 0.3 is 0 Å². The molecule has 0 unspecified atom stereocenters. The Labute approximate surface area is 99.0 Å². The van der Waals surface area contributed by atoms with E-state index in [9.17, 15) is 0 Å². The summed E-state index contributed by atoms with van der Waals surface area (Å²) in [4.78, 5) is 0. The van der Waals surface area contributed by atoms with E-state index in [0.717, 1.165) is 12.5 Å². The SMILES string of the molecule is Cc1ccc(C2(CN)CCC(C)CC2)cc1. The molecule has 1 aliphatic rings. The second-order valence-electron chi connectivity index (χ2n) is 5.53. The molecule has 1 aliphatic carbocycles. The van der Waals surface area contributed by atoms with Gasteiger partial charge in [0.1, 0.15) is 0 Å². The van der Waals surface area contributed by atoms with Gasteiger partial charge in [-0.1, -0.05) is 36.8 Å². The topological polar surface area (TPSA) is 26.0 Å². The Bertz CT molecular complexity index is 331. The summed E-state index contributed by atoms with van der Waals surface area (Å²) in [5, 5.41) is 0. The fraction of sp³-hybridized carbons (Fsp3) is 0.600. The number of hydrogen-bond donors (Lipinski definition) is 1. The highest BCUT2D eigenvalue weighted by atomic mass is 14.6. The fourth-order valence-electron chi connectivity index (χ4n) is 2.83. The average molecular weight is 217 g/mol. The zero-order valence-corrected chi connectivity index (χ0v) is 10.5. The molecule has 0 amide bonds. The van der Waals surface area contributed by atoms with E-state index in [1.165, 1.54) is 36.8 Å². The molecule has 1 fully saturated rings. The summed E-state index contributed by atoms with van der Waals surface area (Å²) in [6, 6.07) is 8.98. The van der Waals surface area contributed by atoms with Gasteiger partial charge in [0.25, 0.3) is 0 Å². The molecule has 88 valence electrons. The van der Waals surface area contributed by atoms with Crippen molar-refractivity contribution < 1.29 is 0 Å². The summed E-state index contributed by atoms with van der Waals surface area (Å²) in [6.07, 6.45) is 5.16. The maximum Gasteiger partial charge on any atom is 0.00757 e. The van der Waals surface area contributed by atoms with Crippen molar-refractivity contribution in [1.29, 1.82) is 0 Å². The minimum absolute atomic E-state index is 0.264. The lowest BCUT2D eigenvalue weighted by Crippen LogP contribution is -2.38. The molecule has 1 heteroatoms. The Hall–Kier alpha value is -0.820. The van der Waals surface area contributed by atoms with Crippen LogP contribution >= 0.6 is 0 Å². The second-order valence-corrected chi connectivity index (χ2v) is 5.53. The van der Waals surface area contributed by atoms with Crippen molar-refractivity contribution in [2.75, 3.05) is 6.54 Å². The Morgan fingerprint density at radius 2 is 1.75 bits per heavy atom. The van der Waals surface area contributed by atoms with Gasteiger partial charge in [0.2, 0.25) is 0 Å². The second kappa shape index (κ2) is 4.58. The van der Waals surface area contributed by atoms with Crippen molar-refractivity contribution in [3.8, 4) is 0 Å². The monoisotopic (exact) mass is 217 g/mol. The van der Waals surface area contributed by atoms with E-state index in [1.54, 1.807) is 0 Å². The Morgan fingerprint density at radius 1 is 1.19 bits per heavy atom. The molecule has 0 saturated heterocycles. The molecular formula is C15H23N. The van der Waals surface area contributed by atoms with Gasteiger partial charge in [-0.3, -0.25) is 0 Å². The third kappa shape index (κ3) is 2.15. The molecule has 1 aromatic rings. The van der Waals surface area contributed by atoms with Gasteiger partial charge in [0.15, 0.2) is 0 Å². The van der Waals surface area contributed by atoms with Crippen LogP contribution < -0.4 is 5.73 Å². The maximum atomic E-state index is 6.05. The molecule has 1 nitrogen and oxygen atoms in total. The first-order valence-corrected chi connectivity index (χ1v) is 6.43. The molecule has 16 heavy (non-hydrogen) atoms. The van der Waals surface area contributed by atoms with Crippen molar-refractivity contribution in [1.82, 2.24) is 0 Å². The van der Waals surface area contributed by atoms with Gasteiger partial charge in [-0.15, -0.1) is 0 Å². The van der Waals surface area contributed by atoms with Crippen LogP contribution in [0.15, 0.2) is 24.3 Å². The number of aryl methyl sites for hydroxylation is 1. The lowest BCUT2D eigenvalue weighted by molar-refractivity contribution is 0.247. The molecule has 1 saturated carbocycles. The highest BCUT2D eigenvalue weighted by Gasteiger charge is 2.34. The molecule has 0 heterocycles. The van der Waals surface area contributed by atoms with Crippen LogP contribution in [0, 0.1) is 12.8 Å². The summed E-state index contributed by atoms with van der Waals surface area (Å²) in [5.41, 5.74) is 9.10. The van der Waals surface area contributed by atoms with Gasteiger partial charge in [-0.05, 0) is 44.1 Å². The van der Waals surface area contributed by atoms with Gasteiger partial charge in [0, 0.05) is 12.0 Å². The number of benzene rings is 1. The van der Waals surface area contributed by atoms with Crippen LogP contribution in [-0.4, -0.2) is 6.54 Å². The van der Waals surface area contributed by atoms with Crippen molar-refractivity contribution in [2.45, 2.75) is 44.9 Å². The summed E-state index contributed by atoms with van der Waals surface area (Å²) >= 11 is 0. The lowest BCUT2D eigenvalue weighted by Gasteiger charge is -2.39. The maximum absolute atomic E-state index is 6.05. The summed E-state index contributed by atoms with van der Waals surface area (Å²) in [5.74, 6) is 0.880. The van der Waals surface area contributed by atoms with Crippen molar-refractivity contribution >= 4 is 0 Å². The molecule has 2 rings (SSSR count). The predicted octanol–water partition coefficient (Wildman–Crippen LogP) is 3.40. The Balaban J connectivity index is 2.24. The van der Waals surface area contributed by atoms with Gasteiger partial charge in [0.05, 0.1) is 0 Å². The van der Waals surface area contributed by atoms with Crippen LogP contribution in [0.25, 0.3) is 0 Å². The molecule has 0 atom stereocenters. The van der Waals surface area contributed by atoms with Crippen LogP contribution in [0.2, 0.25) is 0 Å². The van der Waals surface area contributed by atoms with E-state index in [2.05, 4.69) is 38.1 Å². The Kier molecular flexibility index (Phi) is 3.34. The van der Waals surface area contributed by atoms with Crippen LogP contribution in [0.4, 0.5) is 0 Å². The van der Waals surface area contributed by atoms with E-state index in [4.69, 9.17) is 5.73 Å². The third-order valence-corrected chi connectivity index (χ3v) is 4.29. The summed E-state index contributed by atoms with van der Waals surface area (Å²) < 4.78 is 0. The number of nitrogens with two attached hydrogens (primary N) is 1. The summed E-state index contributed by atoms with van der Waals surface area (Å²) in [7, 11) is 0. The van der Waals surface area contributed by atoms with Crippen molar-refractivity contribution in [2.24, 2.45) is 11.7 Å². The summed E-state index contributed by atoms with van der Waals surface area (Å²) in [6.45, 7) is 5.29. The zero-order valence-electron chi connectivity index (χ0n) is 10.5. The number of hydrogen-bond acceptors (Lipinski definition) is 1. The quantitative estimate of drug-likeness (QED) is 0.807. The van der Waals surface area contributed by atoms with Gasteiger partial charge < -0.3 is 5.73 Å². The molecule has 0 radical (unpaired) electrons. The highest BCUT2D eigenvalue weighted by Crippen LogP contribution is 2.40. The first-order valence-electron chi connectivity index (χ1n) is 6.43. The van der Waals surface area contributed by atoms with Crippen LogP contribution in [0.1, 0.15) is 43.7 Å². The van der Waals surface area contributed by atoms with E-state index < -0.39 is 0 Å². The van der Waals surface area contributed by atoms with Gasteiger partial charge in [-0.25, -0.2) is 0 Å².